The van der Waals surface area contributed by atoms with Crippen LogP contribution in [0.4, 0.5) is 0 Å². The fraction of sp³-hybridized carbons (Fsp3) is 0.385. The van der Waals surface area contributed by atoms with Crippen LogP contribution in [0.15, 0.2) is 30.3 Å². The number of hydrogen-bond acceptors (Lipinski definition) is 3. The first-order valence-electron chi connectivity index (χ1n) is 5.38. The van der Waals surface area contributed by atoms with Gasteiger partial charge in [0.1, 0.15) is 5.78 Å². The van der Waals surface area contributed by atoms with E-state index < -0.39 is 17.3 Å². The summed E-state index contributed by atoms with van der Waals surface area (Å²) in [5.74, 6) is -1.63. The molecule has 84 valence electrons. The highest BCUT2D eigenvalue weighted by Gasteiger charge is 2.47. The smallest absolute Gasteiger partial charge is 0.137 e. The van der Waals surface area contributed by atoms with Gasteiger partial charge < -0.3 is 9.90 Å². The van der Waals surface area contributed by atoms with Crippen LogP contribution in [0, 0.1) is 5.92 Å². The molecule has 0 heterocycles. The van der Waals surface area contributed by atoms with E-state index in [1.165, 1.54) is 0 Å². The second-order valence-corrected chi connectivity index (χ2v) is 4.31. The molecule has 2 atom stereocenters. The van der Waals surface area contributed by atoms with Gasteiger partial charge in [0.25, 0.3) is 0 Å². The molecule has 2 rings (SSSR count). The fourth-order valence-electron chi connectivity index (χ4n) is 2.55. The van der Waals surface area contributed by atoms with Crippen LogP contribution < -0.4 is 5.11 Å². The Morgan fingerprint density at radius 2 is 2.00 bits per heavy atom. The van der Waals surface area contributed by atoms with Crippen molar-refractivity contribution in [2.24, 2.45) is 5.92 Å². The van der Waals surface area contributed by atoms with Crippen molar-refractivity contribution >= 4 is 11.8 Å². The summed E-state index contributed by atoms with van der Waals surface area (Å²) >= 11 is 0. The molecule has 0 unspecified atom stereocenters. The fourth-order valence-corrected chi connectivity index (χ4v) is 2.55. The van der Waals surface area contributed by atoms with Gasteiger partial charge in [-0.05, 0) is 12.0 Å². The van der Waals surface area contributed by atoms with Crippen LogP contribution in [0.5, 0.6) is 0 Å². The number of carbonyl (C=O) groups is 2. The molecule has 0 spiro atoms. The molecule has 3 heteroatoms. The number of carboxylic acid groups (broad SMARTS) is 1. The molecule has 0 N–H and O–H groups in total. The molecule has 1 aromatic rings. The van der Waals surface area contributed by atoms with Crippen LogP contribution in [0.2, 0.25) is 0 Å². The zero-order valence-electron chi connectivity index (χ0n) is 9.10. The molecule has 1 aliphatic rings. The maximum atomic E-state index is 11.6. The quantitative estimate of drug-likeness (QED) is 0.731. The molecular formula is C13H13O3-. The van der Waals surface area contributed by atoms with Crippen LogP contribution in [-0.2, 0) is 15.0 Å². The maximum absolute atomic E-state index is 11.6. The van der Waals surface area contributed by atoms with E-state index in [0.717, 1.165) is 0 Å². The topological polar surface area (TPSA) is 57.2 Å². The molecule has 0 saturated heterocycles. The summed E-state index contributed by atoms with van der Waals surface area (Å²) in [6, 6.07) is 8.91. The minimum atomic E-state index is -1.14. The largest absolute Gasteiger partial charge is 0.549 e. The Morgan fingerprint density at radius 3 is 2.44 bits per heavy atom. The highest BCUT2D eigenvalue weighted by atomic mass is 16.4. The van der Waals surface area contributed by atoms with Gasteiger partial charge in [-0.25, -0.2) is 0 Å². The molecule has 1 saturated carbocycles. The van der Waals surface area contributed by atoms with E-state index in [4.69, 9.17) is 0 Å². The Balaban J connectivity index is 2.54. The van der Waals surface area contributed by atoms with Crippen molar-refractivity contribution in [2.45, 2.75) is 25.2 Å². The summed E-state index contributed by atoms with van der Waals surface area (Å²) in [4.78, 5) is 23.0. The van der Waals surface area contributed by atoms with Crippen LogP contribution in [-0.4, -0.2) is 11.8 Å². The van der Waals surface area contributed by atoms with Crippen LogP contribution in [0.3, 0.4) is 0 Å². The van der Waals surface area contributed by atoms with Gasteiger partial charge >= 0.3 is 0 Å². The number of ketones is 1. The van der Waals surface area contributed by atoms with Crippen molar-refractivity contribution in [3.63, 3.8) is 0 Å². The van der Waals surface area contributed by atoms with Crippen LogP contribution in [0.25, 0.3) is 0 Å². The SMILES string of the molecule is C[C@@H]1C(=O)CC[C@@]1(C(=O)[O-])c1ccccc1. The Hall–Kier alpha value is -1.64. The normalized spacial score (nSPS) is 29.3. The lowest BCUT2D eigenvalue weighted by molar-refractivity contribution is -0.315. The number of Topliss-reactive ketones (excluding diaryl/α,β-unsaturated/α-hetero) is 1. The van der Waals surface area contributed by atoms with E-state index in [1.807, 2.05) is 6.07 Å². The van der Waals surface area contributed by atoms with Gasteiger partial charge in [-0.15, -0.1) is 0 Å². The summed E-state index contributed by atoms with van der Waals surface area (Å²) in [6.07, 6.45) is 0.670. The number of carboxylic acids is 1. The van der Waals surface area contributed by atoms with Crippen molar-refractivity contribution in [2.75, 3.05) is 0 Å². The summed E-state index contributed by atoms with van der Waals surface area (Å²) < 4.78 is 0. The maximum Gasteiger partial charge on any atom is 0.137 e. The van der Waals surface area contributed by atoms with Gasteiger partial charge in [0.05, 0.1) is 5.97 Å². The van der Waals surface area contributed by atoms with E-state index in [0.29, 0.717) is 18.4 Å². The summed E-state index contributed by atoms with van der Waals surface area (Å²) in [5.41, 5.74) is -0.452. The zero-order valence-corrected chi connectivity index (χ0v) is 9.10. The molecule has 0 amide bonds. The highest BCUT2D eigenvalue weighted by molar-refractivity contribution is 5.95. The minimum absolute atomic E-state index is 0.00746. The molecule has 3 nitrogen and oxygen atoms in total. The van der Waals surface area contributed by atoms with Crippen molar-refractivity contribution in [3.05, 3.63) is 35.9 Å². The third-order valence-electron chi connectivity index (χ3n) is 3.64. The minimum Gasteiger partial charge on any atom is -0.549 e. The third-order valence-corrected chi connectivity index (χ3v) is 3.64. The molecule has 16 heavy (non-hydrogen) atoms. The second kappa shape index (κ2) is 3.74. The van der Waals surface area contributed by atoms with E-state index >= 15 is 0 Å². The molecular weight excluding hydrogens is 204 g/mol. The predicted octanol–water partition coefficient (Wildman–Crippen LogP) is 0.673. The summed E-state index contributed by atoms with van der Waals surface area (Å²) in [7, 11) is 0. The number of benzene rings is 1. The number of aliphatic carboxylic acids is 1. The third kappa shape index (κ3) is 1.35. The number of hydrogen-bond donors (Lipinski definition) is 0. The van der Waals surface area contributed by atoms with E-state index in [-0.39, 0.29) is 5.78 Å². The number of rotatable bonds is 2. The summed E-state index contributed by atoms with van der Waals surface area (Å²) in [6.45, 7) is 1.68. The van der Waals surface area contributed by atoms with Crippen molar-refractivity contribution < 1.29 is 14.7 Å². The Kier molecular flexibility index (Phi) is 2.54. The lowest BCUT2D eigenvalue weighted by Crippen LogP contribution is -2.48. The van der Waals surface area contributed by atoms with Gasteiger partial charge in [0.15, 0.2) is 0 Å². The van der Waals surface area contributed by atoms with Crippen molar-refractivity contribution in [1.82, 2.24) is 0 Å². The molecule has 1 aromatic carbocycles. The second-order valence-electron chi connectivity index (χ2n) is 4.31. The van der Waals surface area contributed by atoms with E-state index in [1.54, 1.807) is 31.2 Å². The van der Waals surface area contributed by atoms with Gasteiger partial charge in [-0.3, -0.25) is 4.79 Å². The first kappa shape index (κ1) is 10.9. The molecule has 1 aliphatic carbocycles. The van der Waals surface area contributed by atoms with Gasteiger partial charge in [-0.2, -0.15) is 0 Å². The lowest BCUT2D eigenvalue weighted by Gasteiger charge is -2.34. The molecule has 0 radical (unpaired) electrons. The molecule has 0 bridgehead atoms. The molecule has 0 aliphatic heterocycles. The van der Waals surface area contributed by atoms with Crippen LogP contribution >= 0.6 is 0 Å². The summed E-state index contributed by atoms with van der Waals surface area (Å²) in [5, 5.41) is 11.4. The Morgan fingerprint density at radius 1 is 1.38 bits per heavy atom. The molecule has 1 fully saturated rings. The van der Waals surface area contributed by atoms with Crippen molar-refractivity contribution in [1.29, 1.82) is 0 Å². The van der Waals surface area contributed by atoms with Crippen molar-refractivity contribution in [3.8, 4) is 0 Å². The predicted molar refractivity (Wildman–Crippen MR) is 56.5 cm³/mol. The Bertz CT molecular complexity index is 424. The van der Waals surface area contributed by atoms with E-state index in [9.17, 15) is 14.7 Å². The zero-order chi connectivity index (χ0) is 11.8. The average molecular weight is 217 g/mol. The highest BCUT2D eigenvalue weighted by Crippen LogP contribution is 2.43. The van der Waals surface area contributed by atoms with E-state index in [2.05, 4.69) is 0 Å². The van der Waals surface area contributed by atoms with Gasteiger partial charge in [0, 0.05) is 17.8 Å². The standard InChI is InChI=1S/C13H14O3/c1-9-11(14)7-8-13(9,12(15)16)10-5-3-2-4-6-10/h2-6,9H,7-8H2,1H3,(H,15,16)/p-1/t9-,13+/m1/s1. The van der Waals surface area contributed by atoms with Gasteiger partial charge in [0.2, 0.25) is 0 Å². The monoisotopic (exact) mass is 217 g/mol. The average Bonchev–Trinajstić information content (AvgIpc) is 2.59. The molecule has 0 aromatic heterocycles. The van der Waals surface area contributed by atoms with Gasteiger partial charge in [-0.1, -0.05) is 37.3 Å². The Labute approximate surface area is 94.1 Å². The lowest BCUT2D eigenvalue weighted by atomic mass is 9.73. The number of carbonyl (C=O) groups excluding carboxylic acids is 2. The first-order chi connectivity index (χ1) is 7.59. The first-order valence-corrected chi connectivity index (χ1v) is 5.38. The van der Waals surface area contributed by atoms with Crippen LogP contribution in [0.1, 0.15) is 25.3 Å².